The Balaban J connectivity index is 3.93. The van der Waals surface area contributed by atoms with Gasteiger partial charge in [-0.2, -0.15) is 0 Å². The van der Waals surface area contributed by atoms with Gasteiger partial charge in [-0.25, -0.2) is 4.79 Å². The van der Waals surface area contributed by atoms with E-state index < -0.39 is 15.5 Å². The van der Waals surface area contributed by atoms with Crippen LogP contribution < -0.4 is 0 Å². The third-order valence-corrected chi connectivity index (χ3v) is 1.89. The van der Waals surface area contributed by atoms with Gasteiger partial charge in [0, 0.05) is 0 Å². The van der Waals surface area contributed by atoms with E-state index in [0.717, 1.165) is 12.8 Å². The normalized spacial score (nSPS) is 12.4. The van der Waals surface area contributed by atoms with Crippen molar-refractivity contribution in [3.8, 4) is 0 Å². The zero-order valence-corrected chi connectivity index (χ0v) is 11.2. The van der Waals surface area contributed by atoms with E-state index >= 15 is 0 Å². The van der Waals surface area contributed by atoms with Crippen molar-refractivity contribution < 1.29 is 14.3 Å². The fourth-order valence-electron chi connectivity index (χ4n) is 1.05. The summed E-state index contributed by atoms with van der Waals surface area (Å²) in [5.41, 5.74) is -0.556. The minimum absolute atomic E-state index is 0.321. The number of alkyl halides is 3. The number of rotatable bonds is 4. The second-order valence-corrected chi connectivity index (χ2v) is 6.28. The SMILES string of the molecule is CCCC(C)(C)OC(=O)OCC(Cl)(Cl)Cl. The van der Waals surface area contributed by atoms with Gasteiger partial charge in [-0.1, -0.05) is 48.1 Å². The van der Waals surface area contributed by atoms with Crippen molar-refractivity contribution in [1.82, 2.24) is 0 Å². The highest BCUT2D eigenvalue weighted by molar-refractivity contribution is 6.67. The van der Waals surface area contributed by atoms with Crippen molar-refractivity contribution >= 4 is 41.0 Å². The predicted molar refractivity (Wildman–Crippen MR) is 61.7 cm³/mol. The van der Waals surface area contributed by atoms with E-state index in [0.29, 0.717) is 0 Å². The number of halogens is 3. The van der Waals surface area contributed by atoms with Crippen LogP contribution in [0.4, 0.5) is 4.79 Å². The van der Waals surface area contributed by atoms with Crippen LogP contribution in [0.25, 0.3) is 0 Å². The maximum Gasteiger partial charge on any atom is 0.508 e. The van der Waals surface area contributed by atoms with Crippen LogP contribution in [-0.4, -0.2) is 22.2 Å². The molecule has 0 amide bonds. The molecule has 0 aromatic heterocycles. The Bertz CT molecular complexity index is 211. The van der Waals surface area contributed by atoms with Crippen LogP contribution in [0.15, 0.2) is 0 Å². The van der Waals surface area contributed by atoms with E-state index in [9.17, 15) is 4.79 Å². The first-order valence-electron chi connectivity index (χ1n) is 4.59. The molecule has 0 rings (SSSR count). The van der Waals surface area contributed by atoms with Crippen LogP contribution in [0.5, 0.6) is 0 Å². The van der Waals surface area contributed by atoms with Crippen molar-refractivity contribution in [3.05, 3.63) is 0 Å². The van der Waals surface area contributed by atoms with E-state index in [4.69, 9.17) is 39.5 Å². The second kappa shape index (κ2) is 6.02. The number of hydrogen-bond donors (Lipinski definition) is 0. The van der Waals surface area contributed by atoms with E-state index in [2.05, 4.69) is 4.74 Å². The lowest BCUT2D eigenvalue weighted by atomic mass is 10.0. The van der Waals surface area contributed by atoms with Crippen LogP contribution in [0.3, 0.4) is 0 Å². The monoisotopic (exact) mass is 276 g/mol. The standard InChI is InChI=1S/C9H15Cl3O3/c1-4-5-8(2,3)15-7(13)14-6-9(10,11)12/h4-6H2,1-3H3. The quantitative estimate of drug-likeness (QED) is 0.573. The van der Waals surface area contributed by atoms with Crippen LogP contribution in [0.2, 0.25) is 0 Å². The summed E-state index contributed by atoms with van der Waals surface area (Å²) >= 11 is 16.2. The molecule has 6 heteroatoms. The van der Waals surface area contributed by atoms with Gasteiger partial charge in [0.05, 0.1) is 0 Å². The average molecular weight is 278 g/mol. The lowest BCUT2D eigenvalue weighted by Crippen LogP contribution is -2.29. The van der Waals surface area contributed by atoms with E-state index in [-0.39, 0.29) is 6.61 Å². The molecular formula is C9H15Cl3O3. The minimum Gasteiger partial charge on any atom is -0.430 e. The molecule has 0 heterocycles. The van der Waals surface area contributed by atoms with Gasteiger partial charge in [0.2, 0.25) is 3.79 Å². The van der Waals surface area contributed by atoms with Crippen LogP contribution >= 0.6 is 34.8 Å². The molecule has 0 atom stereocenters. The lowest BCUT2D eigenvalue weighted by molar-refractivity contribution is -0.0199. The maximum atomic E-state index is 11.2. The van der Waals surface area contributed by atoms with E-state index in [1.807, 2.05) is 6.92 Å². The Kier molecular flexibility index (Phi) is 6.08. The number of carbonyl (C=O) groups excluding carboxylic acids is 1. The Morgan fingerprint density at radius 1 is 1.27 bits per heavy atom. The Labute approximate surface area is 105 Å². The third kappa shape index (κ3) is 9.09. The van der Waals surface area contributed by atoms with Crippen molar-refractivity contribution in [2.75, 3.05) is 6.61 Å². The Morgan fingerprint density at radius 2 is 1.80 bits per heavy atom. The molecule has 0 aliphatic rings. The van der Waals surface area contributed by atoms with Gasteiger partial charge >= 0.3 is 6.16 Å². The Hall–Kier alpha value is 0.140. The molecule has 0 saturated heterocycles. The number of carbonyl (C=O) groups is 1. The molecule has 0 fully saturated rings. The van der Waals surface area contributed by atoms with Gasteiger partial charge in [-0.3, -0.25) is 0 Å². The lowest BCUT2D eigenvalue weighted by Gasteiger charge is -2.24. The van der Waals surface area contributed by atoms with Gasteiger partial charge in [-0.05, 0) is 20.3 Å². The van der Waals surface area contributed by atoms with Crippen LogP contribution in [0.1, 0.15) is 33.6 Å². The molecule has 0 spiro atoms. The van der Waals surface area contributed by atoms with Gasteiger partial charge in [0.1, 0.15) is 12.2 Å². The zero-order valence-electron chi connectivity index (χ0n) is 8.98. The van der Waals surface area contributed by atoms with Gasteiger partial charge in [-0.15, -0.1) is 0 Å². The molecule has 0 bridgehead atoms. The topological polar surface area (TPSA) is 35.5 Å². The predicted octanol–water partition coefficient (Wildman–Crippen LogP) is 4.09. The second-order valence-electron chi connectivity index (χ2n) is 3.77. The first kappa shape index (κ1) is 15.1. The number of hydrogen-bond acceptors (Lipinski definition) is 3. The van der Waals surface area contributed by atoms with Gasteiger partial charge in [0.25, 0.3) is 0 Å². The molecule has 0 aromatic carbocycles. The highest BCUT2D eigenvalue weighted by Gasteiger charge is 2.26. The first-order chi connectivity index (χ1) is 6.66. The number of ether oxygens (including phenoxy) is 2. The summed E-state index contributed by atoms with van der Waals surface area (Å²) in [5, 5.41) is 0. The Morgan fingerprint density at radius 3 is 2.20 bits per heavy atom. The molecule has 0 aliphatic carbocycles. The third-order valence-electron chi connectivity index (χ3n) is 1.57. The molecule has 0 N–H and O–H groups in total. The molecule has 0 radical (unpaired) electrons. The van der Waals surface area contributed by atoms with Crippen molar-refractivity contribution in [3.63, 3.8) is 0 Å². The zero-order chi connectivity index (χ0) is 12.1. The molecule has 15 heavy (non-hydrogen) atoms. The van der Waals surface area contributed by atoms with Crippen molar-refractivity contribution in [2.24, 2.45) is 0 Å². The van der Waals surface area contributed by atoms with Crippen LogP contribution in [-0.2, 0) is 9.47 Å². The molecule has 0 aromatic rings. The fourth-order valence-corrected chi connectivity index (χ4v) is 1.21. The average Bonchev–Trinajstić information content (AvgIpc) is 1.98. The summed E-state index contributed by atoms with van der Waals surface area (Å²) in [7, 11) is 0. The molecule has 0 saturated carbocycles. The summed E-state index contributed by atoms with van der Waals surface area (Å²) in [6.45, 7) is 5.27. The largest absolute Gasteiger partial charge is 0.508 e. The summed E-state index contributed by atoms with van der Waals surface area (Å²) in [5.74, 6) is 0. The molecule has 3 nitrogen and oxygen atoms in total. The fraction of sp³-hybridized carbons (Fsp3) is 0.889. The summed E-state index contributed by atoms with van der Waals surface area (Å²) in [4.78, 5) is 11.2. The smallest absolute Gasteiger partial charge is 0.430 e. The van der Waals surface area contributed by atoms with E-state index in [1.165, 1.54) is 0 Å². The molecular weight excluding hydrogens is 262 g/mol. The van der Waals surface area contributed by atoms with E-state index in [1.54, 1.807) is 13.8 Å². The summed E-state index contributed by atoms with van der Waals surface area (Å²) in [6, 6.07) is 0. The van der Waals surface area contributed by atoms with Crippen molar-refractivity contribution in [2.45, 2.75) is 43.0 Å². The highest BCUT2D eigenvalue weighted by Crippen LogP contribution is 2.26. The summed E-state index contributed by atoms with van der Waals surface area (Å²) < 4.78 is 8.06. The van der Waals surface area contributed by atoms with Crippen molar-refractivity contribution in [1.29, 1.82) is 0 Å². The minimum atomic E-state index is -1.60. The first-order valence-corrected chi connectivity index (χ1v) is 5.72. The molecule has 90 valence electrons. The van der Waals surface area contributed by atoms with Gasteiger partial charge in [0.15, 0.2) is 0 Å². The van der Waals surface area contributed by atoms with Crippen LogP contribution in [0, 0.1) is 0 Å². The van der Waals surface area contributed by atoms with Gasteiger partial charge < -0.3 is 9.47 Å². The maximum absolute atomic E-state index is 11.2. The summed E-state index contributed by atoms with van der Waals surface area (Å²) in [6.07, 6.45) is 0.834. The molecule has 0 unspecified atom stereocenters. The highest BCUT2D eigenvalue weighted by atomic mass is 35.6. The molecule has 0 aliphatic heterocycles.